The van der Waals surface area contributed by atoms with E-state index in [0.29, 0.717) is 24.4 Å². The molecule has 0 saturated carbocycles. The van der Waals surface area contributed by atoms with E-state index in [2.05, 4.69) is 36.5 Å². The van der Waals surface area contributed by atoms with E-state index in [-0.39, 0.29) is 17.9 Å². The predicted octanol–water partition coefficient (Wildman–Crippen LogP) is 3.99. The monoisotopic (exact) mass is 364 g/mol. The zero-order valence-electron chi connectivity index (χ0n) is 15.9. The number of amides is 2. The van der Waals surface area contributed by atoms with Crippen molar-refractivity contribution in [2.24, 2.45) is 0 Å². The van der Waals surface area contributed by atoms with Gasteiger partial charge < -0.3 is 10.2 Å². The molecule has 0 aromatic heterocycles. The Labute approximate surface area is 161 Å². The van der Waals surface area contributed by atoms with Gasteiger partial charge in [0.1, 0.15) is 0 Å². The van der Waals surface area contributed by atoms with E-state index in [4.69, 9.17) is 0 Å². The number of nitrogens with one attached hydrogen (secondary N) is 1. The second-order valence-electron chi connectivity index (χ2n) is 7.09. The molecule has 3 rings (SSSR count). The quantitative estimate of drug-likeness (QED) is 0.807. The molecule has 0 spiro atoms. The second-order valence-corrected chi connectivity index (χ2v) is 7.09. The first-order chi connectivity index (χ1) is 13.2. The van der Waals surface area contributed by atoms with Crippen molar-refractivity contribution in [3.63, 3.8) is 0 Å². The molecule has 1 fully saturated rings. The summed E-state index contributed by atoms with van der Waals surface area (Å²) in [6, 6.07) is 19.9. The highest BCUT2D eigenvalue weighted by molar-refractivity contribution is 5.94. The molecule has 27 heavy (non-hydrogen) atoms. The van der Waals surface area contributed by atoms with Crippen molar-refractivity contribution in [3.05, 3.63) is 71.8 Å². The molecule has 4 nitrogen and oxygen atoms in total. The Kier molecular flexibility index (Phi) is 6.64. The van der Waals surface area contributed by atoms with Crippen LogP contribution in [0, 0.1) is 0 Å². The van der Waals surface area contributed by atoms with E-state index in [1.165, 1.54) is 5.56 Å². The number of carbonyl (C=O) groups is 2. The third-order valence-electron chi connectivity index (χ3n) is 5.41. The third-order valence-corrected chi connectivity index (χ3v) is 5.41. The molecule has 0 radical (unpaired) electrons. The smallest absolute Gasteiger partial charge is 0.251 e. The van der Waals surface area contributed by atoms with Crippen molar-refractivity contribution in [2.45, 2.75) is 44.6 Å². The first-order valence-electron chi connectivity index (χ1n) is 9.88. The molecule has 0 bridgehead atoms. The van der Waals surface area contributed by atoms with Crippen LogP contribution in [0.2, 0.25) is 0 Å². The lowest BCUT2D eigenvalue weighted by Crippen LogP contribution is -2.40. The van der Waals surface area contributed by atoms with E-state index in [1.54, 1.807) is 12.1 Å². The Hall–Kier alpha value is -2.62. The summed E-state index contributed by atoms with van der Waals surface area (Å²) < 4.78 is 0. The van der Waals surface area contributed by atoms with E-state index < -0.39 is 0 Å². The minimum atomic E-state index is -0.128. The largest absolute Gasteiger partial charge is 0.352 e. The average Bonchev–Trinajstić information content (AvgIpc) is 3.19. The van der Waals surface area contributed by atoms with Crippen molar-refractivity contribution in [1.82, 2.24) is 10.2 Å². The minimum absolute atomic E-state index is 0.128. The molecular formula is C23H28N2O2. The lowest BCUT2D eigenvalue weighted by atomic mass is 9.87. The topological polar surface area (TPSA) is 49.4 Å². The standard InChI is InChI=1S/C23H28N2O2/c1-2-20(18-10-5-3-6-11-18)21-14-9-17-25(21)22(26)15-16-24-23(27)19-12-7-4-8-13-19/h3-8,10-13,20-21H,2,9,14-17H2,1H3,(H,24,27)/t20-,21+/m1/s1. The summed E-state index contributed by atoms with van der Waals surface area (Å²) in [4.78, 5) is 27.0. The average molecular weight is 364 g/mol. The van der Waals surface area contributed by atoms with Crippen LogP contribution in [0.3, 0.4) is 0 Å². The zero-order chi connectivity index (χ0) is 19.1. The summed E-state index contributed by atoms with van der Waals surface area (Å²) in [5, 5.41) is 2.86. The SMILES string of the molecule is CC[C@H](c1ccccc1)[C@@H]1CCCN1C(=O)CCNC(=O)c1ccccc1. The normalized spacial score (nSPS) is 17.5. The summed E-state index contributed by atoms with van der Waals surface area (Å²) in [6.07, 6.45) is 3.47. The maximum atomic E-state index is 12.8. The number of hydrogen-bond donors (Lipinski definition) is 1. The van der Waals surface area contributed by atoms with Crippen molar-refractivity contribution in [1.29, 1.82) is 0 Å². The van der Waals surface area contributed by atoms with Gasteiger partial charge >= 0.3 is 0 Å². The zero-order valence-corrected chi connectivity index (χ0v) is 15.9. The van der Waals surface area contributed by atoms with Gasteiger partial charge in [-0.2, -0.15) is 0 Å². The fraction of sp³-hybridized carbons (Fsp3) is 0.391. The number of carbonyl (C=O) groups excluding carboxylic acids is 2. The molecule has 2 aromatic rings. The number of benzene rings is 2. The molecule has 1 saturated heterocycles. The van der Waals surface area contributed by atoms with Gasteiger partial charge in [0.05, 0.1) is 0 Å². The molecule has 1 heterocycles. The van der Waals surface area contributed by atoms with Gasteiger partial charge in [0.25, 0.3) is 5.91 Å². The molecule has 1 aliphatic heterocycles. The Morgan fingerprint density at radius 1 is 1.07 bits per heavy atom. The summed E-state index contributed by atoms with van der Waals surface area (Å²) in [5.74, 6) is 0.383. The molecule has 2 atom stereocenters. The Bertz CT molecular complexity index is 745. The van der Waals surface area contributed by atoms with Crippen LogP contribution in [0.25, 0.3) is 0 Å². The molecule has 2 aromatic carbocycles. The summed E-state index contributed by atoms with van der Waals surface area (Å²) in [7, 11) is 0. The molecular weight excluding hydrogens is 336 g/mol. The van der Waals surface area contributed by atoms with Crippen LogP contribution < -0.4 is 5.32 Å². The molecule has 142 valence electrons. The minimum Gasteiger partial charge on any atom is -0.352 e. The van der Waals surface area contributed by atoms with Crippen molar-refractivity contribution >= 4 is 11.8 Å². The van der Waals surface area contributed by atoms with Crippen LogP contribution in [0.1, 0.15) is 54.4 Å². The summed E-state index contributed by atoms with van der Waals surface area (Å²) in [6.45, 7) is 3.39. The van der Waals surface area contributed by atoms with E-state index in [1.807, 2.05) is 29.2 Å². The van der Waals surface area contributed by atoms with Gasteiger partial charge in [-0.15, -0.1) is 0 Å². The number of hydrogen-bond acceptors (Lipinski definition) is 2. The number of likely N-dealkylation sites (tertiary alicyclic amines) is 1. The van der Waals surface area contributed by atoms with E-state index in [0.717, 1.165) is 25.8 Å². The summed E-state index contributed by atoms with van der Waals surface area (Å²) in [5.41, 5.74) is 1.93. The van der Waals surface area contributed by atoms with Gasteiger partial charge in [0.2, 0.25) is 5.91 Å². The maximum absolute atomic E-state index is 12.8. The Morgan fingerprint density at radius 2 is 1.74 bits per heavy atom. The highest BCUT2D eigenvalue weighted by Crippen LogP contribution is 2.33. The van der Waals surface area contributed by atoms with Crippen LogP contribution in [-0.2, 0) is 4.79 Å². The van der Waals surface area contributed by atoms with E-state index in [9.17, 15) is 9.59 Å². The predicted molar refractivity (Wildman–Crippen MR) is 108 cm³/mol. The maximum Gasteiger partial charge on any atom is 0.251 e. The molecule has 2 amide bonds. The fourth-order valence-electron chi connectivity index (χ4n) is 4.07. The van der Waals surface area contributed by atoms with Crippen LogP contribution >= 0.6 is 0 Å². The first kappa shape index (κ1) is 19.2. The molecule has 1 aliphatic rings. The van der Waals surface area contributed by atoms with Crippen LogP contribution in [0.4, 0.5) is 0 Å². The van der Waals surface area contributed by atoms with Gasteiger partial charge in [-0.25, -0.2) is 0 Å². The second kappa shape index (κ2) is 9.36. The van der Waals surface area contributed by atoms with Crippen molar-refractivity contribution < 1.29 is 9.59 Å². The fourth-order valence-corrected chi connectivity index (χ4v) is 4.07. The van der Waals surface area contributed by atoms with E-state index >= 15 is 0 Å². The molecule has 0 aliphatic carbocycles. The van der Waals surface area contributed by atoms with Crippen molar-refractivity contribution in [3.8, 4) is 0 Å². The Morgan fingerprint density at radius 3 is 2.41 bits per heavy atom. The van der Waals surface area contributed by atoms with Gasteiger partial charge in [0, 0.05) is 37.0 Å². The molecule has 1 N–H and O–H groups in total. The highest BCUT2D eigenvalue weighted by Gasteiger charge is 2.34. The first-order valence-corrected chi connectivity index (χ1v) is 9.88. The number of rotatable bonds is 7. The van der Waals surface area contributed by atoms with Gasteiger partial charge in [0.15, 0.2) is 0 Å². The van der Waals surface area contributed by atoms with Crippen LogP contribution in [-0.4, -0.2) is 35.8 Å². The van der Waals surface area contributed by atoms with Gasteiger partial charge in [-0.3, -0.25) is 9.59 Å². The molecule has 0 unspecified atom stereocenters. The number of nitrogens with zero attached hydrogens (tertiary/aromatic N) is 1. The lowest BCUT2D eigenvalue weighted by molar-refractivity contribution is -0.132. The summed E-state index contributed by atoms with van der Waals surface area (Å²) >= 11 is 0. The Balaban J connectivity index is 1.56. The van der Waals surface area contributed by atoms with Gasteiger partial charge in [-0.05, 0) is 37.0 Å². The lowest BCUT2D eigenvalue weighted by Gasteiger charge is -2.32. The highest BCUT2D eigenvalue weighted by atomic mass is 16.2. The molecule has 4 heteroatoms. The van der Waals surface area contributed by atoms with Crippen molar-refractivity contribution in [2.75, 3.05) is 13.1 Å². The van der Waals surface area contributed by atoms with Crippen LogP contribution in [0.5, 0.6) is 0 Å². The third kappa shape index (κ3) is 4.76. The van der Waals surface area contributed by atoms with Gasteiger partial charge in [-0.1, -0.05) is 55.5 Å². The van der Waals surface area contributed by atoms with Crippen LogP contribution in [0.15, 0.2) is 60.7 Å².